The van der Waals surface area contributed by atoms with E-state index in [-0.39, 0.29) is 90.0 Å². The Labute approximate surface area is 489 Å². The minimum atomic E-state index is -0.0653. The summed E-state index contributed by atoms with van der Waals surface area (Å²) >= 11 is 0. The Morgan fingerprint density at radius 1 is 0.407 bits per heavy atom. The number of hydrogen-bond acceptors (Lipinski definition) is 15. The van der Waals surface area contributed by atoms with E-state index in [1.807, 2.05) is 0 Å². The second-order valence-corrected chi connectivity index (χ2v) is 24.0. The molecule has 0 saturated carbocycles. The Bertz CT molecular complexity index is 1550. The van der Waals surface area contributed by atoms with Crippen LogP contribution in [0.4, 0.5) is 0 Å². The predicted octanol–water partition coefficient (Wildman–Crippen LogP) is 0.304. The summed E-state index contributed by atoms with van der Waals surface area (Å²) in [5, 5.41) is 9.76. The molecule has 3 amide bonds. The quantitative estimate of drug-likeness (QED) is 0.0224. The van der Waals surface area contributed by atoms with Crippen molar-refractivity contribution < 1.29 is 14.4 Å². The first-order valence-electron chi connectivity index (χ1n) is 31.2. The summed E-state index contributed by atoms with van der Waals surface area (Å²) in [7, 11) is 0. The van der Waals surface area contributed by atoms with Gasteiger partial charge in [-0.05, 0) is 173 Å². The highest BCUT2D eigenvalue weighted by molar-refractivity contribution is 5.83. The number of carbonyl (C=O) groups is 3. The summed E-state index contributed by atoms with van der Waals surface area (Å²) in [4.78, 5) is 57.4. The summed E-state index contributed by atoms with van der Waals surface area (Å²) in [5.74, 6) is 1.81. The predicted molar refractivity (Wildman–Crippen MR) is 336 cm³/mol. The van der Waals surface area contributed by atoms with Gasteiger partial charge in [0.1, 0.15) is 0 Å². The Kier molecular flexibility index (Phi) is 41.0. The topological polar surface area (TPSA) is 446 Å². The Morgan fingerprint density at radius 2 is 0.654 bits per heavy atom. The molecule has 27 N–H and O–H groups in total. The maximum atomic E-state index is 12.9. The van der Waals surface area contributed by atoms with Crippen LogP contribution in [0.25, 0.3) is 0 Å². The second kappa shape index (κ2) is 44.4. The van der Waals surface area contributed by atoms with Crippen molar-refractivity contribution in [3.8, 4) is 0 Å². The molecule has 24 heteroatoms. The van der Waals surface area contributed by atoms with Crippen LogP contribution in [0, 0.1) is 17.8 Å². The molecular weight excluding hydrogens is 1030 g/mol. The second-order valence-electron chi connectivity index (χ2n) is 24.0. The van der Waals surface area contributed by atoms with Gasteiger partial charge in [-0.3, -0.25) is 44.1 Å². The van der Waals surface area contributed by atoms with E-state index in [2.05, 4.69) is 87.2 Å². The zero-order valence-corrected chi connectivity index (χ0v) is 51.6. The van der Waals surface area contributed by atoms with Gasteiger partial charge in [0.15, 0.2) is 17.9 Å². The SMILES string of the molecule is CC(C)[C@H](CCCN=C(N)N)NC(=O)C1CCCN1CC(N)CCCCN.CC(C)[C@H](CCCN=C(N)N)NC(=O)C1CCCN1C[C@@H](N)CCCCN.CC(C)[C@H](CCCN=C(N)N)NC(=O)C1CCCN1C[C@H](N)CCCCN. The maximum absolute atomic E-state index is 12.9. The molecule has 81 heavy (non-hydrogen) atoms. The first kappa shape index (κ1) is 74.9. The normalized spacial score (nSPS) is 19.8. The average molecular weight is 1150 g/mol. The van der Waals surface area contributed by atoms with Gasteiger partial charge in [-0.2, -0.15) is 0 Å². The first-order chi connectivity index (χ1) is 38.5. The van der Waals surface area contributed by atoms with Crippen molar-refractivity contribution in [2.75, 3.05) is 78.5 Å². The molecule has 3 aliphatic rings. The molecule has 0 aliphatic carbocycles. The van der Waals surface area contributed by atoms with E-state index in [1.165, 1.54) is 0 Å². The van der Waals surface area contributed by atoms with Crippen molar-refractivity contribution in [2.24, 2.45) is 102 Å². The van der Waals surface area contributed by atoms with Crippen LogP contribution in [-0.4, -0.2) is 183 Å². The standard InChI is InChI=1S/3C19H41N7O/c3*1-14(2)16(8-5-11-24-19(22)23)25-18(27)17-9-6-12-26(17)13-15(21)7-3-4-10-20/h3*14-17H,3-13,20-21H2,1-2H3,(H,25,27)(H4,22,23,24)/t15?,16-,17?;15-,16+,17?;15-,16-,17?/m010/s1. The minimum absolute atomic E-state index is 0.0653. The number of hydrogen-bond donors (Lipinski definition) is 15. The highest BCUT2D eigenvalue weighted by atomic mass is 16.2. The van der Waals surface area contributed by atoms with Gasteiger partial charge in [-0.25, -0.2) is 0 Å². The summed E-state index contributed by atoms with van der Waals surface area (Å²) in [5.41, 5.74) is 67.6. The van der Waals surface area contributed by atoms with Gasteiger partial charge in [0.2, 0.25) is 17.7 Å². The fraction of sp³-hybridized carbons (Fsp3) is 0.895. The summed E-state index contributed by atoms with van der Waals surface area (Å²) in [6, 6.07) is 0.506. The van der Waals surface area contributed by atoms with Crippen LogP contribution in [0.1, 0.15) is 176 Å². The number of amides is 3. The van der Waals surface area contributed by atoms with Gasteiger partial charge in [-0.1, -0.05) is 60.8 Å². The smallest absolute Gasteiger partial charge is 0.237 e. The van der Waals surface area contributed by atoms with Gasteiger partial charge < -0.3 is 84.8 Å². The third-order valence-electron chi connectivity index (χ3n) is 15.8. The molecule has 24 nitrogen and oxygen atoms in total. The largest absolute Gasteiger partial charge is 0.370 e. The first-order valence-corrected chi connectivity index (χ1v) is 31.2. The molecule has 0 bridgehead atoms. The van der Waals surface area contributed by atoms with Gasteiger partial charge in [0.05, 0.1) is 18.1 Å². The van der Waals surface area contributed by atoms with Crippen LogP contribution in [0.2, 0.25) is 0 Å². The molecule has 0 aromatic rings. The van der Waals surface area contributed by atoms with Crippen molar-refractivity contribution >= 4 is 35.6 Å². The van der Waals surface area contributed by atoms with E-state index in [1.54, 1.807) is 0 Å². The van der Waals surface area contributed by atoms with E-state index in [9.17, 15) is 14.4 Å². The monoisotopic (exact) mass is 1150 g/mol. The van der Waals surface area contributed by atoms with Gasteiger partial charge >= 0.3 is 0 Å². The summed E-state index contributed by atoms with van der Waals surface area (Å²) < 4.78 is 0. The fourth-order valence-corrected chi connectivity index (χ4v) is 11.0. The number of unbranched alkanes of at least 4 members (excludes halogenated alkanes) is 3. The maximum Gasteiger partial charge on any atom is 0.237 e. The van der Waals surface area contributed by atoms with Crippen molar-refractivity contribution in [2.45, 2.75) is 231 Å². The third kappa shape index (κ3) is 34.3. The van der Waals surface area contributed by atoms with Gasteiger partial charge in [0.25, 0.3) is 0 Å². The molecule has 474 valence electrons. The molecule has 3 heterocycles. The summed E-state index contributed by atoms with van der Waals surface area (Å²) in [6.07, 6.45) is 20.0. The Morgan fingerprint density at radius 3 is 0.864 bits per heavy atom. The zero-order valence-electron chi connectivity index (χ0n) is 51.6. The fourth-order valence-electron chi connectivity index (χ4n) is 11.0. The van der Waals surface area contributed by atoms with Crippen LogP contribution in [0.5, 0.6) is 0 Å². The molecule has 3 saturated heterocycles. The lowest BCUT2D eigenvalue weighted by Gasteiger charge is -2.29. The third-order valence-corrected chi connectivity index (χ3v) is 15.8. The lowest BCUT2D eigenvalue weighted by atomic mass is 9.98. The van der Waals surface area contributed by atoms with Crippen LogP contribution >= 0.6 is 0 Å². The van der Waals surface area contributed by atoms with E-state index < -0.39 is 0 Å². The zero-order chi connectivity index (χ0) is 60.7. The van der Waals surface area contributed by atoms with E-state index >= 15 is 0 Å². The van der Waals surface area contributed by atoms with Crippen molar-refractivity contribution in [3.05, 3.63) is 0 Å². The molecule has 0 aromatic heterocycles. The summed E-state index contributed by atoms with van der Waals surface area (Å²) in [6.45, 7) is 21.8. The van der Waals surface area contributed by atoms with Crippen LogP contribution in [-0.2, 0) is 14.4 Å². The number of nitrogens with zero attached hydrogens (tertiary/aromatic N) is 6. The number of carbonyl (C=O) groups excluding carboxylic acids is 3. The Hall–Kier alpha value is -4.14. The molecule has 3 fully saturated rings. The average Bonchev–Trinajstić information content (AvgIpc) is 4.24. The van der Waals surface area contributed by atoms with Crippen molar-refractivity contribution in [3.63, 3.8) is 0 Å². The van der Waals surface area contributed by atoms with Crippen LogP contribution < -0.4 is 84.8 Å². The molecule has 0 spiro atoms. The number of guanidine groups is 3. The highest BCUT2D eigenvalue weighted by Gasteiger charge is 2.35. The van der Waals surface area contributed by atoms with Crippen LogP contribution in [0.3, 0.4) is 0 Å². The van der Waals surface area contributed by atoms with Crippen molar-refractivity contribution in [1.82, 2.24) is 30.7 Å². The minimum Gasteiger partial charge on any atom is -0.370 e. The molecule has 0 aromatic carbocycles. The lowest BCUT2D eigenvalue weighted by Crippen LogP contribution is -2.50. The van der Waals surface area contributed by atoms with Crippen LogP contribution in [0.15, 0.2) is 15.0 Å². The number of aliphatic imine (C=N–C) groups is 3. The van der Waals surface area contributed by atoms with Gasteiger partial charge in [-0.15, -0.1) is 0 Å². The van der Waals surface area contributed by atoms with E-state index in [0.717, 1.165) is 174 Å². The molecule has 0 radical (unpaired) electrons. The van der Waals surface area contributed by atoms with Crippen molar-refractivity contribution in [1.29, 1.82) is 0 Å². The number of rotatable bonds is 39. The highest BCUT2D eigenvalue weighted by Crippen LogP contribution is 2.23. The molecule has 9 atom stereocenters. The van der Waals surface area contributed by atoms with E-state index in [0.29, 0.717) is 57.0 Å². The number of nitrogens with one attached hydrogen (secondary N) is 3. The number of likely N-dealkylation sites (tertiary alicyclic amines) is 3. The molecular formula is C57H123N21O3. The van der Waals surface area contributed by atoms with E-state index in [4.69, 9.17) is 68.8 Å². The Balaban J connectivity index is 0.000000607. The molecule has 3 aliphatic heterocycles. The molecule has 3 rings (SSSR count). The number of nitrogens with two attached hydrogens (primary N) is 12. The van der Waals surface area contributed by atoms with Gasteiger partial charge in [0, 0.05) is 75.5 Å². The lowest BCUT2D eigenvalue weighted by molar-refractivity contribution is -0.127. The molecule has 4 unspecified atom stereocenters.